The number of rotatable bonds is 3. The lowest BCUT2D eigenvalue weighted by Crippen LogP contribution is -2.52. The minimum absolute atomic E-state index is 0.0660. The number of guanidine groups is 1. The average molecular weight is 455 g/mol. The summed E-state index contributed by atoms with van der Waals surface area (Å²) in [5, 5.41) is 1.39. The van der Waals surface area contributed by atoms with E-state index in [1.54, 1.807) is 0 Å². The van der Waals surface area contributed by atoms with Gasteiger partial charge in [0.1, 0.15) is 34.3 Å². The number of aromatic nitrogens is 1. The van der Waals surface area contributed by atoms with Crippen LogP contribution < -0.4 is 11.1 Å². The number of anilines is 1. The number of pyridine rings is 1. The van der Waals surface area contributed by atoms with Crippen molar-refractivity contribution in [3.63, 3.8) is 0 Å². The van der Waals surface area contributed by atoms with E-state index < -0.39 is 45.3 Å². The first-order valence-electron chi connectivity index (χ1n) is 9.28. The van der Waals surface area contributed by atoms with Gasteiger partial charge in [0.15, 0.2) is 0 Å². The van der Waals surface area contributed by atoms with Crippen molar-refractivity contribution in [1.82, 2.24) is 9.29 Å². The number of nitrogens with one attached hydrogen (secondary N) is 1. The zero-order valence-electron chi connectivity index (χ0n) is 16.3. The first-order valence-corrected chi connectivity index (χ1v) is 10.8. The number of halogens is 3. The molecule has 1 aromatic heterocycles. The third kappa shape index (κ3) is 3.50. The molecule has 2 aromatic rings. The Bertz CT molecular complexity index is 1070. The second kappa shape index (κ2) is 7.39. The quantitative estimate of drug-likeness (QED) is 0.563. The van der Waals surface area contributed by atoms with Crippen LogP contribution in [0.25, 0.3) is 0 Å². The van der Waals surface area contributed by atoms with Crippen LogP contribution in [0, 0.1) is 11.6 Å². The summed E-state index contributed by atoms with van der Waals surface area (Å²) < 4.78 is 64.8. The van der Waals surface area contributed by atoms with Crippen LogP contribution in [0.2, 0.25) is 0 Å². The predicted octanol–water partition coefficient (Wildman–Crippen LogP) is 3.23. The van der Waals surface area contributed by atoms with Gasteiger partial charge < -0.3 is 11.1 Å². The zero-order chi connectivity index (χ0) is 22.6. The van der Waals surface area contributed by atoms with Crippen molar-refractivity contribution in [2.24, 2.45) is 10.7 Å². The molecule has 4 rings (SSSR count). The van der Waals surface area contributed by atoms with Crippen LogP contribution in [0.5, 0.6) is 0 Å². The van der Waals surface area contributed by atoms with Crippen molar-refractivity contribution in [2.45, 2.75) is 29.8 Å². The molecule has 2 aliphatic rings. The van der Waals surface area contributed by atoms with E-state index in [0.29, 0.717) is 0 Å². The smallest absolute Gasteiger partial charge is 0.274 e. The van der Waals surface area contributed by atoms with Crippen molar-refractivity contribution in [1.29, 1.82) is 0 Å². The Balaban J connectivity index is 1.75. The molecule has 166 valence electrons. The summed E-state index contributed by atoms with van der Waals surface area (Å²) in [4.78, 5) is 20.4. The van der Waals surface area contributed by atoms with Gasteiger partial charge in [-0.1, -0.05) is 0 Å². The molecule has 1 saturated carbocycles. The highest BCUT2D eigenvalue weighted by molar-refractivity contribution is 8.23. The van der Waals surface area contributed by atoms with Crippen LogP contribution in [-0.4, -0.2) is 48.7 Å². The molecule has 1 aliphatic heterocycles. The van der Waals surface area contributed by atoms with Crippen molar-refractivity contribution >= 4 is 28.3 Å². The first-order chi connectivity index (χ1) is 14.5. The van der Waals surface area contributed by atoms with Gasteiger partial charge in [-0.2, -0.15) is 0 Å². The number of fused-ring (bicyclic) bond motifs is 1. The molecule has 3 atom stereocenters. The maximum atomic E-state index is 14.9. The molecule has 8 nitrogen and oxygen atoms in total. The summed E-state index contributed by atoms with van der Waals surface area (Å²) in [6.45, 7) is 0. The normalized spacial score (nSPS) is 27.9. The Labute approximate surface area is 177 Å². The van der Waals surface area contributed by atoms with Crippen LogP contribution in [0.1, 0.15) is 28.9 Å². The molecule has 3 unspecified atom stereocenters. The average Bonchev–Trinajstić information content (AvgIpc) is 3.06. The Kier molecular flexibility index (Phi) is 5.10. The Morgan fingerprint density at radius 3 is 2.74 bits per heavy atom. The van der Waals surface area contributed by atoms with Crippen LogP contribution in [-0.2, 0) is 5.54 Å². The summed E-state index contributed by atoms with van der Waals surface area (Å²) in [5.41, 5.74) is 4.18. The summed E-state index contributed by atoms with van der Waals surface area (Å²) in [6.07, 6.45) is -1.11. The number of nitrogens with two attached hydrogens (primary N) is 1. The van der Waals surface area contributed by atoms with Crippen LogP contribution in [0.3, 0.4) is 0 Å². The van der Waals surface area contributed by atoms with Gasteiger partial charge in [-0.05, 0) is 30.3 Å². The van der Waals surface area contributed by atoms with Crippen molar-refractivity contribution in [3.05, 3.63) is 59.4 Å². The first kappa shape index (κ1) is 21.4. The van der Waals surface area contributed by atoms with Crippen LogP contribution in [0.4, 0.5) is 18.9 Å². The van der Waals surface area contributed by atoms with E-state index in [1.807, 2.05) is 0 Å². The van der Waals surface area contributed by atoms with E-state index in [2.05, 4.69) is 15.3 Å². The summed E-state index contributed by atoms with van der Waals surface area (Å²) >= 11 is 0. The van der Waals surface area contributed by atoms with Crippen molar-refractivity contribution < 1.29 is 27.1 Å². The fourth-order valence-corrected chi connectivity index (χ4v) is 6.04. The summed E-state index contributed by atoms with van der Waals surface area (Å²) in [6, 6.07) is 5.87. The second-order valence-electron chi connectivity index (χ2n) is 7.49. The number of hydrogen-bond acceptors (Lipinski definition) is 7. The molecule has 1 fully saturated rings. The van der Waals surface area contributed by atoms with E-state index in [0.717, 1.165) is 22.6 Å². The number of alkyl halides is 1. The number of amides is 1. The number of carbonyl (C=O) groups is 1. The minimum Gasteiger partial charge on any atom is -0.369 e. The van der Waals surface area contributed by atoms with Gasteiger partial charge in [0.05, 0.1) is 6.20 Å². The molecule has 2 heterocycles. The Morgan fingerprint density at radius 1 is 1.32 bits per heavy atom. The van der Waals surface area contributed by atoms with Gasteiger partial charge in [0.2, 0.25) is 5.96 Å². The third-order valence-electron chi connectivity index (χ3n) is 5.61. The lowest BCUT2D eigenvalue weighted by molar-refractivity contribution is 0.102. The van der Waals surface area contributed by atoms with Crippen LogP contribution in [0.15, 0.2) is 41.5 Å². The zero-order valence-corrected chi connectivity index (χ0v) is 17.1. The third-order valence-corrected chi connectivity index (χ3v) is 7.95. The van der Waals surface area contributed by atoms with Gasteiger partial charge in [-0.3, -0.25) is 13.9 Å². The molecular formula is C19H20F3N5O3S. The molecule has 5 N–H and O–H groups in total. The largest absolute Gasteiger partial charge is 0.369 e. The number of benzene rings is 1. The summed E-state index contributed by atoms with van der Waals surface area (Å²) in [7, 11) is -2.26. The maximum Gasteiger partial charge on any atom is 0.274 e. The Hall–Kier alpha value is -2.83. The van der Waals surface area contributed by atoms with E-state index >= 15 is 0 Å². The van der Waals surface area contributed by atoms with Gasteiger partial charge in [0.25, 0.3) is 5.91 Å². The highest BCUT2D eigenvalue weighted by Gasteiger charge is 2.59. The highest BCUT2D eigenvalue weighted by atomic mass is 32.3. The van der Waals surface area contributed by atoms with Gasteiger partial charge in [-0.15, -0.1) is 10.8 Å². The van der Waals surface area contributed by atoms with Crippen LogP contribution >= 0.6 is 10.8 Å². The van der Waals surface area contributed by atoms with Crippen molar-refractivity contribution in [2.75, 3.05) is 12.4 Å². The Morgan fingerprint density at radius 2 is 2.06 bits per heavy atom. The van der Waals surface area contributed by atoms with E-state index in [-0.39, 0.29) is 35.7 Å². The molecule has 31 heavy (non-hydrogen) atoms. The fourth-order valence-electron chi connectivity index (χ4n) is 4.08. The molecule has 1 aliphatic carbocycles. The van der Waals surface area contributed by atoms with Gasteiger partial charge in [-0.25, -0.2) is 27.5 Å². The molecular weight excluding hydrogens is 435 g/mol. The van der Waals surface area contributed by atoms with E-state index in [1.165, 1.54) is 25.2 Å². The SMILES string of the molecule is CN1C(N)=NC2(c3cc(NC(=O)c4ccc(F)cn4)ccc3F)CC(F)CC2S1(O)O. The van der Waals surface area contributed by atoms with E-state index in [4.69, 9.17) is 5.73 Å². The lowest BCUT2D eigenvalue weighted by Gasteiger charge is -2.53. The van der Waals surface area contributed by atoms with Crippen molar-refractivity contribution in [3.8, 4) is 0 Å². The molecule has 12 heteroatoms. The number of aliphatic imine (C=N–C) groups is 1. The predicted molar refractivity (Wildman–Crippen MR) is 110 cm³/mol. The fraction of sp³-hybridized carbons (Fsp3) is 0.316. The summed E-state index contributed by atoms with van der Waals surface area (Å²) in [5.74, 6) is -2.29. The highest BCUT2D eigenvalue weighted by Crippen LogP contribution is 2.64. The van der Waals surface area contributed by atoms with E-state index in [9.17, 15) is 27.1 Å². The molecule has 1 amide bonds. The standard InChI is InChI=1S/C19H20F3N5O3S/c1-27-18(23)26-19(8-11(21)6-16(19)31(27,29)30)13-7-12(3-4-14(13)22)25-17(28)15-5-2-10(20)9-24-15/h2-5,7,9,11,16,29-30H,6,8H2,1H3,(H2,23,26)(H,25,28). The molecule has 1 aromatic carbocycles. The monoisotopic (exact) mass is 455 g/mol. The lowest BCUT2D eigenvalue weighted by atomic mass is 9.87. The number of carbonyl (C=O) groups excluding carboxylic acids is 1. The second-order valence-corrected chi connectivity index (χ2v) is 9.73. The maximum absolute atomic E-state index is 14.9. The topological polar surface area (TPSA) is 124 Å². The molecule has 0 radical (unpaired) electrons. The minimum atomic E-state index is -3.59. The molecule has 0 saturated heterocycles. The van der Waals surface area contributed by atoms with Gasteiger partial charge in [0, 0.05) is 31.1 Å². The molecule has 0 spiro atoms. The number of nitrogens with zero attached hydrogens (tertiary/aromatic N) is 3. The van der Waals surface area contributed by atoms with Gasteiger partial charge >= 0.3 is 0 Å². The molecule has 0 bridgehead atoms. The number of hydrogen-bond donors (Lipinski definition) is 4.